The van der Waals surface area contributed by atoms with Gasteiger partial charge >= 0.3 is 5.03 Å². The van der Waals surface area contributed by atoms with Gasteiger partial charge in [-0.05, 0) is 11.0 Å². The average Bonchev–Trinajstić information content (AvgIpc) is 3.30. The second-order valence-electron chi connectivity index (χ2n) is 7.97. The van der Waals surface area contributed by atoms with Gasteiger partial charge < -0.3 is 25.3 Å². The molecule has 4 aromatic rings. The van der Waals surface area contributed by atoms with Gasteiger partial charge in [0.2, 0.25) is 11.6 Å². The summed E-state index contributed by atoms with van der Waals surface area (Å²) in [7, 11) is -1.04. The van der Waals surface area contributed by atoms with Crippen molar-refractivity contribution < 1.29 is 27.4 Å². The number of nitrogens with two attached hydrogens (primary N) is 1. The van der Waals surface area contributed by atoms with E-state index in [2.05, 4.69) is 19.8 Å². The van der Waals surface area contributed by atoms with Crippen LogP contribution in [0.3, 0.4) is 0 Å². The van der Waals surface area contributed by atoms with Crippen LogP contribution in [0, 0.1) is 5.21 Å². The van der Waals surface area contributed by atoms with Crippen molar-refractivity contribution >= 4 is 32.7 Å². The summed E-state index contributed by atoms with van der Waals surface area (Å²) >= 11 is 0. The van der Waals surface area contributed by atoms with E-state index in [0.29, 0.717) is 47.0 Å². The summed E-state index contributed by atoms with van der Waals surface area (Å²) in [6, 6.07) is 11.8. The van der Waals surface area contributed by atoms with E-state index in [1.807, 2.05) is 4.90 Å². The lowest BCUT2D eigenvalue weighted by molar-refractivity contribution is -0.793. The first-order valence-electron chi connectivity index (χ1n) is 10.9. The first-order chi connectivity index (χ1) is 17.3. The molecule has 0 amide bonds. The van der Waals surface area contributed by atoms with Crippen molar-refractivity contribution in [2.24, 2.45) is 0 Å². The molecule has 36 heavy (non-hydrogen) atoms. The standard InChI is InChI=1S/C22H23N7O6S/c1-33-17-12-15-16(13-18(17)34-2)24-22(25-20(15)23)27-8-10-28(11-9-27)36(31,32)21-19(29(30)35-26-21)14-6-4-3-5-7-14/h3-7,12-13H,8-11H2,1-2H3,(H2,23,24,25). The van der Waals surface area contributed by atoms with E-state index >= 15 is 0 Å². The van der Waals surface area contributed by atoms with Crippen LogP contribution in [-0.4, -0.2) is 68.2 Å². The maximum atomic E-state index is 13.4. The normalized spacial score (nSPS) is 14.8. The lowest BCUT2D eigenvalue weighted by atomic mass is 10.2. The fourth-order valence-corrected chi connectivity index (χ4v) is 5.54. The number of anilines is 2. The Morgan fingerprint density at radius 3 is 2.36 bits per heavy atom. The van der Waals surface area contributed by atoms with Gasteiger partial charge in [-0.1, -0.05) is 30.3 Å². The Morgan fingerprint density at radius 1 is 1.03 bits per heavy atom. The third-order valence-electron chi connectivity index (χ3n) is 5.95. The van der Waals surface area contributed by atoms with Crippen molar-refractivity contribution in [1.82, 2.24) is 19.4 Å². The molecule has 2 aromatic carbocycles. The number of ether oxygens (including phenoxy) is 2. The molecule has 0 aliphatic carbocycles. The van der Waals surface area contributed by atoms with Gasteiger partial charge in [-0.2, -0.15) is 9.29 Å². The Kier molecular flexibility index (Phi) is 5.97. The summed E-state index contributed by atoms with van der Waals surface area (Å²) in [5, 5.41) is 15.9. The highest BCUT2D eigenvalue weighted by atomic mass is 32.2. The van der Waals surface area contributed by atoms with E-state index in [1.54, 1.807) is 42.5 Å². The molecule has 14 heteroatoms. The molecule has 0 saturated carbocycles. The number of sulfonamides is 1. The molecule has 0 unspecified atom stereocenters. The fraction of sp³-hybridized carbons (Fsp3) is 0.273. The zero-order valence-corrected chi connectivity index (χ0v) is 20.3. The van der Waals surface area contributed by atoms with Crippen molar-refractivity contribution in [3.8, 4) is 22.8 Å². The molecule has 0 radical (unpaired) electrons. The number of piperazine rings is 1. The van der Waals surface area contributed by atoms with E-state index in [-0.39, 0.29) is 29.5 Å². The molecule has 1 fully saturated rings. The number of aromatic nitrogens is 4. The van der Waals surface area contributed by atoms with Gasteiger partial charge in [0.25, 0.3) is 10.0 Å². The van der Waals surface area contributed by atoms with E-state index in [9.17, 15) is 13.6 Å². The summed E-state index contributed by atoms with van der Waals surface area (Å²) in [6.07, 6.45) is 0. The van der Waals surface area contributed by atoms with Gasteiger partial charge in [0.05, 0.1) is 24.9 Å². The lowest BCUT2D eigenvalue weighted by Crippen LogP contribution is -2.49. The third-order valence-corrected chi connectivity index (χ3v) is 7.76. The summed E-state index contributed by atoms with van der Waals surface area (Å²) in [5.41, 5.74) is 6.99. The van der Waals surface area contributed by atoms with Crippen LogP contribution >= 0.6 is 0 Å². The van der Waals surface area contributed by atoms with Crippen LogP contribution in [0.15, 0.2) is 52.1 Å². The maximum Gasteiger partial charge on any atom is 0.354 e. The highest BCUT2D eigenvalue weighted by Crippen LogP contribution is 2.34. The minimum Gasteiger partial charge on any atom is -0.493 e. The highest BCUT2D eigenvalue weighted by Gasteiger charge is 2.39. The Balaban J connectivity index is 1.39. The number of methoxy groups -OCH3 is 2. The average molecular weight is 514 g/mol. The maximum absolute atomic E-state index is 13.4. The van der Waals surface area contributed by atoms with Crippen LogP contribution in [0.2, 0.25) is 0 Å². The predicted octanol–water partition coefficient (Wildman–Crippen LogP) is 1.03. The van der Waals surface area contributed by atoms with E-state index in [0.717, 1.165) is 0 Å². The molecule has 3 heterocycles. The van der Waals surface area contributed by atoms with Crippen LogP contribution in [-0.2, 0) is 10.0 Å². The third kappa shape index (κ3) is 3.99. The molecule has 1 aliphatic rings. The molecular weight excluding hydrogens is 490 g/mol. The zero-order valence-electron chi connectivity index (χ0n) is 19.5. The quantitative estimate of drug-likeness (QED) is 0.366. The van der Waals surface area contributed by atoms with Crippen molar-refractivity contribution in [3.63, 3.8) is 0 Å². The summed E-state index contributed by atoms with van der Waals surface area (Å²) in [6.45, 7) is 0.839. The van der Waals surface area contributed by atoms with Gasteiger partial charge in [-0.15, -0.1) is 0 Å². The predicted molar refractivity (Wildman–Crippen MR) is 129 cm³/mol. The first-order valence-corrected chi connectivity index (χ1v) is 12.4. The van der Waals surface area contributed by atoms with Crippen molar-refractivity contribution in [1.29, 1.82) is 0 Å². The Bertz CT molecular complexity index is 1520. The number of hydrogen-bond acceptors (Lipinski definition) is 11. The molecule has 1 aliphatic heterocycles. The number of rotatable bonds is 6. The highest BCUT2D eigenvalue weighted by molar-refractivity contribution is 7.89. The molecule has 13 nitrogen and oxygen atoms in total. The molecule has 188 valence electrons. The Morgan fingerprint density at radius 2 is 1.69 bits per heavy atom. The van der Waals surface area contributed by atoms with Crippen LogP contribution in [0.25, 0.3) is 22.2 Å². The molecule has 0 atom stereocenters. The molecule has 0 bridgehead atoms. The summed E-state index contributed by atoms with van der Waals surface area (Å²) in [4.78, 5) is 11.0. The van der Waals surface area contributed by atoms with Gasteiger partial charge in [0.1, 0.15) is 5.82 Å². The molecule has 2 aromatic heterocycles. The number of fused-ring (bicyclic) bond motifs is 1. The van der Waals surface area contributed by atoms with Crippen LogP contribution in [0.5, 0.6) is 11.5 Å². The Labute approximate surface area is 206 Å². The molecule has 5 rings (SSSR count). The smallest absolute Gasteiger partial charge is 0.354 e. The van der Waals surface area contributed by atoms with E-state index in [1.165, 1.54) is 18.5 Å². The van der Waals surface area contributed by atoms with Crippen molar-refractivity contribution in [2.75, 3.05) is 51.0 Å². The van der Waals surface area contributed by atoms with Crippen LogP contribution in [0.1, 0.15) is 0 Å². The van der Waals surface area contributed by atoms with Gasteiger partial charge in [0, 0.05) is 43.2 Å². The van der Waals surface area contributed by atoms with Crippen molar-refractivity contribution in [2.45, 2.75) is 5.03 Å². The second kappa shape index (κ2) is 9.13. The topological polar surface area (TPSA) is 164 Å². The number of hydrogen-bond donors (Lipinski definition) is 1. The van der Waals surface area contributed by atoms with Crippen LogP contribution in [0.4, 0.5) is 11.8 Å². The number of benzene rings is 2. The van der Waals surface area contributed by atoms with Gasteiger partial charge in [-0.3, -0.25) is 4.63 Å². The first kappa shape index (κ1) is 23.6. The minimum absolute atomic E-state index is 0.105. The molecule has 2 N–H and O–H groups in total. The fourth-order valence-electron chi connectivity index (χ4n) is 4.09. The zero-order chi connectivity index (χ0) is 25.4. The molecule has 1 saturated heterocycles. The molecule has 0 spiro atoms. The number of nitrogen functional groups attached to an aromatic ring is 1. The summed E-state index contributed by atoms with van der Waals surface area (Å²) < 4.78 is 43.3. The van der Waals surface area contributed by atoms with E-state index in [4.69, 9.17) is 15.2 Å². The minimum atomic E-state index is -4.10. The van der Waals surface area contributed by atoms with Crippen LogP contribution < -0.4 is 25.0 Å². The Hall–Kier alpha value is -4.17. The van der Waals surface area contributed by atoms with Gasteiger partial charge in [0.15, 0.2) is 11.5 Å². The number of nitrogens with zero attached hydrogens (tertiary/aromatic N) is 6. The lowest BCUT2D eigenvalue weighted by Gasteiger charge is -2.33. The molecular formula is C22H23N7O6S. The monoisotopic (exact) mass is 513 g/mol. The van der Waals surface area contributed by atoms with E-state index < -0.39 is 15.0 Å². The van der Waals surface area contributed by atoms with Crippen molar-refractivity contribution in [3.05, 3.63) is 47.7 Å². The second-order valence-corrected chi connectivity index (χ2v) is 9.83. The summed E-state index contributed by atoms with van der Waals surface area (Å²) in [5.74, 6) is 1.64. The van der Waals surface area contributed by atoms with Gasteiger partial charge in [-0.25, -0.2) is 13.4 Å². The largest absolute Gasteiger partial charge is 0.493 e. The SMILES string of the molecule is COc1cc2nc(N3CCN(S(=O)(=O)c4no[n+]([O-])c4-c4ccccc4)CC3)nc(N)c2cc1OC.